The molecule has 1 fully saturated rings. The SMILES string of the molecule is C[C@@H]1CN(C(=O)OC(C)(C)C)CC[C@@H]1C(=O)N1CC=C(c2ccc3c(-c4ccc(OCc5ccccc5)nc4OCc4ccccc4)nn(C)c3c2)CC1. The van der Waals surface area contributed by atoms with Gasteiger partial charge in [-0.05, 0) is 80.0 Å². The number of fused-ring (bicyclic) bond motifs is 1. The highest BCUT2D eigenvalue weighted by atomic mass is 16.6. The molecule has 3 aromatic carbocycles. The molecule has 1 saturated heterocycles. The molecule has 0 unspecified atom stereocenters. The van der Waals surface area contributed by atoms with E-state index in [1.807, 2.05) is 110 Å². The van der Waals surface area contributed by atoms with Crippen LogP contribution >= 0.6 is 0 Å². The zero-order valence-corrected chi connectivity index (χ0v) is 31.8. The lowest BCUT2D eigenvalue weighted by Crippen LogP contribution is -2.50. The molecule has 2 aromatic heterocycles. The zero-order valence-electron chi connectivity index (χ0n) is 31.8. The summed E-state index contributed by atoms with van der Waals surface area (Å²) in [4.78, 5) is 34.8. The van der Waals surface area contributed by atoms with Gasteiger partial charge in [-0.1, -0.05) is 79.7 Å². The number of piperidine rings is 1. The van der Waals surface area contributed by atoms with E-state index in [9.17, 15) is 9.59 Å². The summed E-state index contributed by atoms with van der Waals surface area (Å²) in [5.41, 5.74) is 6.44. The van der Waals surface area contributed by atoms with Crippen molar-refractivity contribution >= 4 is 28.5 Å². The summed E-state index contributed by atoms with van der Waals surface area (Å²) in [6.07, 6.45) is 3.27. The van der Waals surface area contributed by atoms with Crippen LogP contribution in [-0.4, -0.2) is 68.3 Å². The van der Waals surface area contributed by atoms with E-state index in [2.05, 4.69) is 31.2 Å². The van der Waals surface area contributed by atoms with Gasteiger partial charge in [0, 0.05) is 50.6 Å². The van der Waals surface area contributed by atoms with Gasteiger partial charge in [0.1, 0.15) is 24.5 Å². The number of carbonyl (C=O) groups is 2. The fourth-order valence-electron chi connectivity index (χ4n) is 7.28. The molecule has 0 spiro atoms. The summed E-state index contributed by atoms with van der Waals surface area (Å²) in [5, 5.41) is 5.96. The third-order valence-electron chi connectivity index (χ3n) is 10.2. The Hall–Kier alpha value is -5.64. The normalized spacial score (nSPS) is 17.6. The summed E-state index contributed by atoms with van der Waals surface area (Å²) >= 11 is 0. The molecule has 280 valence electrons. The maximum Gasteiger partial charge on any atom is 0.410 e. The highest BCUT2D eigenvalue weighted by Crippen LogP contribution is 2.37. The number of aromatic nitrogens is 3. The first-order chi connectivity index (χ1) is 26.0. The van der Waals surface area contributed by atoms with E-state index in [1.165, 1.54) is 5.57 Å². The Morgan fingerprint density at radius 2 is 1.56 bits per heavy atom. The van der Waals surface area contributed by atoms with Crippen molar-refractivity contribution in [1.82, 2.24) is 24.6 Å². The lowest BCUT2D eigenvalue weighted by atomic mass is 9.85. The second kappa shape index (κ2) is 15.8. The predicted octanol–water partition coefficient (Wildman–Crippen LogP) is 8.30. The first kappa shape index (κ1) is 36.7. The van der Waals surface area contributed by atoms with Gasteiger partial charge in [-0.25, -0.2) is 4.79 Å². The zero-order chi connectivity index (χ0) is 37.8. The number of rotatable bonds is 9. The second-order valence-corrected chi connectivity index (χ2v) is 15.3. The molecule has 10 nitrogen and oxygen atoms in total. The number of hydrogen-bond donors (Lipinski definition) is 0. The molecule has 2 atom stereocenters. The third-order valence-corrected chi connectivity index (χ3v) is 10.2. The van der Waals surface area contributed by atoms with Gasteiger partial charge in [0.25, 0.3) is 0 Å². The maximum absolute atomic E-state index is 13.7. The number of likely N-dealkylation sites (tertiary alicyclic amines) is 1. The van der Waals surface area contributed by atoms with Crippen molar-refractivity contribution < 1.29 is 23.8 Å². The average Bonchev–Trinajstić information content (AvgIpc) is 3.51. The van der Waals surface area contributed by atoms with Crippen LogP contribution in [0.25, 0.3) is 27.7 Å². The summed E-state index contributed by atoms with van der Waals surface area (Å²) in [6.45, 7) is 10.7. The van der Waals surface area contributed by atoms with Crippen molar-refractivity contribution in [1.29, 1.82) is 0 Å². The van der Waals surface area contributed by atoms with Crippen LogP contribution in [0.5, 0.6) is 11.8 Å². The largest absolute Gasteiger partial charge is 0.473 e. The Balaban J connectivity index is 1.06. The minimum Gasteiger partial charge on any atom is -0.473 e. The molecule has 2 amide bonds. The van der Waals surface area contributed by atoms with Crippen molar-refractivity contribution in [2.45, 2.75) is 59.4 Å². The molecule has 2 aliphatic heterocycles. The Labute approximate surface area is 317 Å². The predicted molar refractivity (Wildman–Crippen MR) is 210 cm³/mol. The number of hydrogen-bond acceptors (Lipinski definition) is 7. The number of pyridine rings is 1. The van der Waals surface area contributed by atoms with Gasteiger partial charge in [-0.3, -0.25) is 9.48 Å². The maximum atomic E-state index is 13.7. The van der Waals surface area contributed by atoms with E-state index in [-0.39, 0.29) is 23.8 Å². The molecule has 2 aliphatic rings. The molecule has 10 heteroatoms. The quantitative estimate of drug-likeness (QED) is 0.151. The van der Waals surface area contributed by atoms with Crippen LogP contribution in [-0.2, 0) is 29.8 Å². The molecular formula is C44H49N5O5. The smallest absolute Gasteiger partial charge is 0.410 e. The van der Waals surface area contributed by atoms with Crippen molar-refractivity contribution in [3.8, 4) is 23.0 Å². The fourth-order valence-corrected chi connectivity index (χ4v) is 7.28. The van der Waals surface area contributed by atoms with Crippen LogP contribution in [0.4, 0.5) is 4.79 Å². The fraction of sp³-hybridized carbons (Fsp3) is 0.364. The van der Waals surface area contributed by atoms with Gasteiger partial charge in [0.15, 0.2) is 0 Å². The topological polar surface area (TPSA) is 99.0 Å². The highest BCUT2D eigenvalue weighted by molar-refractivity contribution is 5.96. The first-order valence-electron chi connectivity index (χ1n) is 18.8. The number of amides is 2. The summed E-state index contributed by atoms with van der Waals surface area (Å²) in [7, 11) is 1.95. The number of carbonyl (C=O) groups excluding carboxylic acids is 2. The van der Waals surface area contributed by atoms with Crippen LogP contribution in [0.3, 0.4) is 0 Å². The average molecular weight is 728 g/mol. The molecule has 0 saturated carbocycles. The number of benzene rings is 3. The molecule has 0 bridgehead atoms. The van der Waals surface area contributed by atoms with E-state index in [0.29, 0.717) is 57.6 Å². The highest BCUT2D eigenvalue weighted by Gasteiger charge is 2.37. The Kier molecular flexibility index (Phi) is 10.7. The van der Waals surface area contributed by atoms with Gasteiger partial charge < -0.3 is 24.0 Å². The standard InChI is InChI=1S/C44H49N5O5/c1-30-27-49(43(51)54-44(2,3)4)25-22-35(30)42(50)48-23-20-33(21-24-48)34-16-17-36-38(26-34)47(5)46-40(36)37-18-19-39(52-28-31-12-8-6-9-13-31)45-41(37)53-29-32-14-10-7-11-15-32/h6-20,26,30,35H,21-25,27-29H2,1-5H3/t30-,35+/m1/s1. The van der Waals surface area contributed by atoms with Gasteiger partial charge >= 0.3 is 6.09 Å². The Bertz CT molecular complexity index is 2140. The van der Waals surface area contributed by atoms with Gasteiger partial charge in [0.2, 0.25) is 17.7 Å². The molecule has 0 N–H and O–H groups in total. The summed E-state index contributed by atoms with van der Waals surface area (Å²) in [5.74, 6) is 1.05. The van der Waals surface area contributed by atoms with Crippen LogP contribution in [0.1, 0.15) is 57.2 Å². The molecule has 54 heavy (non-hydrogen) atoms. The molecule has 0 aliphatic carbocycles. The van der Waals surface area contributed by atoms with E-state index in [4.69, 9.17) is 24.3 Å². The van der Waals surface area contributed by atoms with Crippen LogP contribution in [0, 0.1) is 11.8 Å². The van der Waals surface area contributed by atoms with Crippen molar-refractivity contribution in [2.75, 3.05) is 26.2 Å². The van der Waals surface area contributed by atoms with Gasteiger partial charge in [0.05, 0.1) is 11.1 Å². The summed E-state index contributed by atoms with van der Waals surface area (Å²) in [6, 6.07) is 30.3. The second-order valence-electron chi connectivity index (χ2n) is 15.3. The minimum atomic E-state index is -0.544. The van der Waals surface area contributed by atoms with E-state index in [0.717, 1.165) is 45.3 Å². The minimum absolute atomic E-state index is 0.0584. The molecule has 0 radical (unpaired) electrons. The third kappa shape index (κ3) is 8.43. The van der Waals surface area contributed by atoms with Crippen LogP contribution in [0.15, 0.2) is 97.1 Å². The first-order valence-corrected chi connectivity index (χ1v) is 18.8. The van der Waals surface area contributed by atoms with Gasteiger partial charge in [-0.15, -0.1) is 0 Å². The lowest BCUT2D eigenvalue weighted by Gasteiger charge is -2.39. The van der Waals surface area contributed by atoms with Crippen LogP contribution < -0.4 is 9.47 Å². The molecule has 7 rings (SSSR count). The number of aryl methyl sites for hydroxylation is 1. The van der Waals surface area contributed by atoms with Crippen molar-refractivity contribution in [2.24, 2.45) is 18.9 Å². The van der Waals surface area contributed by atoms with E-state index >= 15 is 0 Å². The Morgan fingerprint density at radius 1 is 0.852 bits per heavy atom. The number of nitrogens with zero attached hydrogens (tertiary/aromatic N) is 5. The van der Waals surface area contributed by atoms with Gasteiger partial charge in [-0.2, -0.15) is 10.1 Å². The summed E-state index contributed by atoms with van der Waals surface area (Å²) < 4.78 is 19.9. The Morgan fingerprint density at radius 3 is 2.20 bits per heavy atom. The molecular weight excluding hydrogens is 679 g/mol. The van der Waals surface area contributed by atoms with Crippen molar-refractivity contribution in [3.05, 3.63) is 114 Å². The molecule has 4 heterocycles. The van der Waals surface area contributed by atoms with Crippen molar-refractivity contribution in [3.63, 3.8) is 0 Å². The van der Waals surface area contributed by atoms with Crippen LogP contribution in [0.2, 0.25) is 0 Å². The van der Waals surface area contributed by atoms with E-state index < -0.39 is 5.60 Å². The molecule has 5 aromatic rings. The monoisotopic (exact) mass is 727 g/mol. The lowest BCUT2D eigenvalue weighted by molar-refractivity contribution is -0.138. The van der Waals surface area contributed by atoms with E-state index in [1.54, 1.807) is 4.90 Å². The number of ether oxygens (including phenoxy) is 3.